The van der Waals surface area contributed by atoms with E-state index in [9.17, 15) is 10.1 Å². The molecular formula is C18H15N3OS2. The van der Waals surface area contributed by atoms with Crippen LogP contribution in [-0.4, -0.2) is 10.9 Å². The van der Waals surface area contributed by atoms with Gasteiger partial charge in [-0.1, -0.05) is 19.1 Å². The molecule has 0 fully saturated rings. The fraction of sp³-hybridized carbons (Fsp3) is 0.278. The predicted molar refractivity (Wildman–Crippen MR) is 97.8 cm³/mol. The van der Waals surface area contributed by atoms with Gasteiger partial charge in [0.05, 0.1) is 15.8 Å². The molecule has 1 atom stereocenters. The third kappa shape index (κ3) is 2.60. The lowest BCUT2D eigenvalue weighted by molar-refractivity contribution is 0.102. The molecule has 1 amide bonds. The van der Waals surface area contributed by atoms with Crippen LogP contribution < -0.4 is 5.32 Å². The number of aryl methyl sites for hydroxylation is 1. The minimum absolute atomic E-state index is 0.237. The predicted octanol–water partition coefficient (Wildman–Crippen LogP) is 4.61. The van der Waals surface area contributed by atoms with Crippen molar-refractivity contribution in [3.63, 3.8) is 0 Å². The summed E-state index contributed by atoms with van der Waals surface area (Å²) in [4.78, 5) is 18.2. The first-order valence-electron chi connectivity index (χ1n) is 7.87. The van der Waals surface area contributed by atoms with Crippen LogP contribution in [0.4, 0.5) is 5.00 Å². The summed E-state index contributed by atoms with van der Waals surface area (Å²) in [6.45, 7) is 2.21. The van der Waals surface area contributed by atoms with Crippen LogP contribution in [0.2, 0.25) is 0 Å². The number of hydrogen-bond acceptors (Lipinski definition) is 5. The Bertz CT molecular complexity index is 947. The third-order valence-electron chi connectivity index (χ3n) is 4.33. The summed E-state index contributed by atoms with van der Waals surface area (Å²) in [6, 6.07) is 9.98. The largest absolute Gasteiger partial charge is 0.310 e. The second-order valence-corrected chi connectivity index (χ2v) is 8.24. The van der Waals surface area contributed by atoms with E-state index in [1.54, 1.807) is 11.3 Å². The van der Waals surface area contributed by atoms with Crippen LogP contribution in [0.1, 0.15) is 39.2 Å². The first-order chi connectivity index (χ1) is 11.7. The minimum atomic E-state index is -0.237. The van der Waals surface area contributed by atoms with Gasteiger partial charge in [-0.3, -0.25) is 4.79 Å². The number of hydrogen-bond donors (Lipinski definition) is 1. The molecule has 4 nitrogen and oxygen atoms in total. The van der Waals surface area contributed by atoms with E-state index in [4.69, 9.17) is 0 Å². The van der Waals surface area contributed by atoms with Gasteiger partial charge in [-0.2, -0.15) is 5.26 Å². The second-order valence-electron chi connectivity index (χ2n) is 6.11. The molecule has 1 aliphatic rings. The maximum Gasteiger partial charge on any atom is 0.285 e. The first-order valence-corrected chi connectivity index (χ1v) is 9.50. The fourth-order valence-electron chi connectivity index (χ4n) is 3.09. The average Bonchev–Trinajstić information content (AvgIpc) is 3.15. The van der Waals surface area contributed by atoms with Gasteiger partial charge < -0.3 is 5.32 Å². The topological polar surface area (TPSA) is 65.8 Å². The summed E-state index contributed by atoms with van der Waals surface area (Å²) in [5.74, 6) is 0.353. The van der Waals surface area contributed by atoms with Crippen molar-refractivity contribution in [2.24, 2.45) is 5.92 Å². The van der Waals surface area contributed by atoms with E-state index in [1.807, 2.05) is 24.3 Å². The SMILES string of the molecule is CC1CCc2sc(NC(=O)c3nc4ccccc4s3)c(C#N)c2C1. The number of nitrogens with zero attached hydrogens (tertiary/aromatic N) is 2. The Morgan fingerprint density at radius 3 is 3.00 bits per heavy atom. The smallest absolute Gasteiger partial charge is 0.285 e. The number of thiophene rings is 1. The van der Waals surface area contributed by atoms with Crippen LogP contribution in [0.25, 0.3) is 10.2 Å². The van der Waals surface area contributed by atoms with E-state index in [0.29, 0.717) is 21.5 Å². The van der Waals surface area contributed by atoms with Gasteiger partial charge in [0.25, 0.3) is 5.91 Å². The molecule has 2 aromatic heterocycles. The Morgan fingerprint density at radius 1 is 1.38 bits per heavy atom. The molecule has 24 heavy (non-hydrogen) atoms. The Balaban J connectivity index is 1.65. The maximum absolute atomic E-state index is 12.6. The molecule has 1 aromatic carbocycles. The standard InChI is InChI=1S/C18H15N3OS2/c1-10-6-7-14-11(8-10)12(9-19)17(23-14)21-16(22)18-20-13-4-2-3-5-15(13)24-18/h2-5,10H,6-8H2,1H3,(H,21,22). The number of nitrogens with one attached hydrogen (secondary N) is 1. The van der Waals surface area contributed by atoms with Crippen molar-refractivity contribution in [3.05, 3.63) is 45.3 Å². The zero-order valence-electron chi connectivity index (χ0n) is 13.1. The zero-order chi connectivity index (χ0) is 16.7. The summed E-state index contributed by atoms with van der Waals surface area (Å²) in [7, 11) is 0. The average molecular weight is 353 g/mol. The van der Waals surface area contributed by atoms with E-state index in [1.165, 1.54) is 16.2 Å². The highest BCUT2D eigenvalue weighted by atomic mass is 32.1. The van der Waals surface area contributed by atoms with Crippen LogP contribution in [0.5, 0.6) is 0 Å². The number of thiazole rings is 1. The molecule has 120 valence electrons. The van der Waals surface area contributed by atoms with E-state index in [2.05, 4.69) is 23.3 Å². The second kappa shape index (κ2) is 6.00. The highest BCUT2D eigenvalue weighted by Crippen LogP contribution is 2.39. The van der Waals surface area contributed by atoms with Crippen molar-refractivity contribution in [1.29, 1.82) is 5.26 Å². The van der Waals surface area contributed by atoms with Gasteiger partial charge in [0.2, 0.25) is 0 Å². The van der Waals surface area contributed by atoms with Crippen molar-refractivity contribution in [2.45, 2.75) is 26.2 Å². The van der Waals surface area contributed by atoms with E-state index >= 15 is 0 Å². The van der Waals surface area contributed by atoms with E-state index in [0.717, 1.165) is 35.0 Å². The number of carbonyl (C=O) groups is 1. The number of amides is 1. The number of para-hydroxylation sites is 1. The number of fused-ring (bicyclic) bond motifs is 2. The van der Waals surface area contributed by atoms with Crippen molar-refractivity contribution in [1.82, 2.24) is 4.98 Å². The summed E-state index contributed by atoms with van der Waals surface area (Å²) < 4.78 is 0.988. The molecule has 0 bridgehead atoms. The van der Waals surface area contributed by atoms with Crippen molar-refractivity contribution in [2.75, 3.05) is 5.32 Å². The molecule has 0 saturated heterocycles. The van der Waals surface area contributed by atoms with Crippen LogP contribution in [0.15, 0.2) is 24.3 Å². The van der Waals surface area contributed by atoms with Gasteiger partial charge in [-0.25, -0.2) is 4.98 Å². The van der Waals surface area contributed by atoms with Crippen LogP contribution in [0, 0.1) is 17.2 Å². The monoisotopic (exact) mass is 353 g/mol. The van der Waals surface area contributed by atoms with Crippen LogP contribution >= 0.6 is 22.7 Å². The molecule has 1 N–H and O–H groups in total. The number of aromatic nitrogens is 1. The molecule has 0 spiro atoms. The van der Waals surface area contributed by atoms with Crippen LogP contribution in [-0.2, 0) is 12.8 Å². The maximum atomic E-state index is 12.6. The van der Waals surface area contributed by atoms with Gasteiger partial charge in [0.15, 0.2) is 5.01 Å². The molecule has 4 rings (SSSR count). The number of nitriles is 1. The lowest BCUT2D eigenvalue weighted by Gasteiger charge is -2.17. The summed E-state index contributed by atoms with van der Waals surface area (Å²) in [6.07, 6.45) is 3.06. The highest BCUT2D eigenvalue weighted by molar-refractivity contribution is 7.20. The Hall–Kier alpha value is -2.23. The van der Waals surface area contributed by atoms with Gasteiger partial charge in [-0.15, -0.1) is 22.7 Å². The number of benzene rings is 1. The van der Waals surface area contributed by atoms with E-state index in [-0.39, 0.29) is 5.91 Å². The molecule has 2 heterocycles. The van der Waals surface area contributed by atoms with E-state index < -0.39 is 0 Å². The quantitative estimate of drug-likeness (QED) is 0.732. The Labute approximate surface area is 147 Å². The Morgan fingerprint density at radius 2 is 2.21 bits per heavy atom. The number of carbonyl (C=O) groups excluding carboxylic acids is 1. The lowest BCUT2D eigenvalue weighted by Crippen LogP contribution is -2.12. The van der Waals surface area contributed by atoms with Gasteiger partial charge in [-0.05, 0) is 42.9 Å². The van der Waals surface area contributed by atoms with Crippen molar-refractivity contribution in [3.8, 4) is 6.07 Å². The van der Waals surface area contributed by atoms with Gasteiger partial charge in [0, 0.05) is 4.88 Å². The summed E-state index contributed by atoms with van der Waals surface area (Å²) in [5.41, 5.74) is 2.59. The lowest BCUT2D eigenvalue weighted by atomic mass is 9.88. The summed E-state index contributed by atoms with van der Waals surface area (Å²) in [5, 5.41) is 13.6. The van der Waals surface area contributed by atoms with Crippen molar-refractivity contribution < 1.29 is 4.79 Å². The molecular weight excluding hydrogens is 338 g/mol. The van der Waals surface area contributed by atoms with Crippen molar-refractivity contribution >= 4 is 43.8 Å². The normalized spacial score (nSPS) is 16.6. The minimum Gasteiger partial charge on any atom is -0.310 e. The molecule has 1 aliphatic carbocycles. The first kappa shape index (κ1) is 15.3. The fourth-order valence-corrected chi connectivity index (χ4v) is 5.14. The number of rotatable bonds is 2. The zero-order valence-corrected chi connectivity index (χ0v) is 14.8. The molecule has 6 heteroatoms. The summed E-state index contributed by atoms with van der Waals surface area (Å²) >= 11 is 2.91. The van der Waals surface area contributed by atoms with Gasteiger partial charge in [0.1, 0.15) is 11.1 Å². The third-order valence-corrected chi connectivity index (χ3v) is 6.58. The van der Waals surface area contributed by atoms with Crippen LogP contribution in [0.3, 0.4) is 0 Å². The highest BCUT2D eigenvalue weighted by Gasteiger charge is 2.25. The molecule has 0 saturated carbocycles. The molecule has 0 radical (unpaired) electrons. The van der Waals surface area contributed by atoms with Gasteiger partial charge >= 0.3 is 0 Å². The Kier molecular flexibility index (Phi) is 3.83. The molecule has 1 unspecified atom stereocenters. The molecule has 3 aromatic rings. The number of anilines is 1. The molecule has 0 aliphatic heterocycles.